The first-order valence-electron chi connectivity index (χ1n) is 10.6. The predicted octanol–water partition coefficient (Wildman–Crippen LogP) is -1.04. The number of aliphatic hydroxyl groups is 3. The van der Waals surface area contributed by atoms with Crippen LogP contribution in [0.25, 0.3) is 0 Å². The fraction of sp³-hybridized carbons (Fsp3) is 0.333. The Morgan fingerprint density at radius 2 is 1.80 bits per heavy atom. The third-order valence-corrected chi connectivity index (χ3v) is 6.93. The molecule has 4 rings (SSSR count). The summed E-state index contributed by atoms with van der Waals surface area (Å²) in [5.74, 6) is -3.46. The Kier molecular flexibility index (Phi) is 5.47. The molecule has 0 fully saturated rings. The number of allylic oxidation sites excluding steroid dienone is 1. The van der Waals surface area contributed by atoms with Gasteiger partial charge in [0, 0.05) is 17.1 Å². The Bertz CT molecular complexity index is 1350. The molecule has 0 saturated heterocycles. The van der Waals surface area contributed by atoms with E-state index in [2.05, 4.69) is 11.8 Å². The zero-order valence-electron chi connectivity index (χ0n) is 18.8. The molecule has 0 spiro atoms. The van der Waals surface area contributed by atoms with Crippen LogP contribution < -0.4 is 11.5 Å². The van der Waals surface area contributed by atoms with Crippen LogP contribution in [0.3, 0.4) is 0 Å². The Morgan fingerprint density at radius 1 is 1.14 bits per heavy atom. The van der Waals surface area contributed by atoms with Crippen molar-refractivity contribution in [2.24, 2.45) is 23.3 Å². The number of hydrogen-bond donors (Lipinski definition) is 6. The number of primary amides is 2. The molecule has 2 amide bonds. The summed E-state index contributed by atoms with van der Waals surface area (Å²) in [4.78, 5) is 51.3. The first-order valence-corrected chi connectivity index (χ1v) is 10.6. The van der Waals surface area contributed by atoms with Crippen molar-refractivity contribution in [3.8, 4) is 17.6 Å². The summed E-state index contributed by atoms with van der Waals surface area (Å²) < 4.78 is 0. The van der Waals surface area contributed by atoms with Gasteiger partial charge in [0.1, 0.15) is 22.8 Å². The second-order valence-corrected chi connectivity index (χ2v) is 9.06. The molecule has 35 heavy (non-hydrogen) atoms. The molecule has 11 heteroatoms. The monoisotopic (exact) mass is 481 g/mol. The molecule has 0 bridgehead atoms. The number of rotatable bonds is 2. The van der Waals surface area contributed by atoms with Crippen LogP contribution in [0, 0.1) is 23.7 Å². The number of fused-ring (bicyclic) bond motifs is 3. The van der Waals surface area contributed by atoms with E-state index >= 15 is 0 Å². The highest BCUT2D eigenvalue weighted by Crippen LogP contribution is 2.52. The number of amides is 2. The molecule has 4 atom stereocenters. The van der Waals surface area contributed by atoms with Crippen molar-refractivity contribution in [3.63, 3.8) is 0 Å². The van der Waals surface area contributed by atoms with Crippen LogP contribution >= 0.6 is 0 Å². The van der Waals surface area contributed by atoms with Crippen LogP contribution in [0.2, 0.25) is 0 Å². The van der Waals surface area contributed by atoms with Crippen molar-refractivity contribution in [2.75, 3.05) is 14.1 Å². The lowest BCUT2D eigenvalue weighted by molar-refractivity contribution is -0.148. The number of benzene rings is 1. The normalized spacial score (nSPS) is 27.6. The molecule has 0 aliphatic heterocycles. The van der Waals surface area contributed by atoms with Gasteiger partial charge in [0.05, 0.1) is 11.6 Å². The molecule has 0 radical (unpaired) electrons. The number of nitrogens with zero attached hydrogens (tertiary/aromatic N) is 1. The highest BCUT2D eigenvalue weighted by Gasteiger charge is 2.63. The smallest absolute Gasteiger partial charge is 0.293 e. The average Bonchev–Trinajstić information content (AvgIpc) is 2.75. The van der Waals surface area contributed by atoms with E-state index in [1.54, 1.807) is 14.1 Å². The molecule has 0 aromatic heterocycles. The van der Waals surface area contributed by atoms with Gasteiger partial charge < -0.3 is 31.9 Å². The maximum atomic E-state index is 13.5. The molecule has 1 aromatic rings. The predicted molar refractivity (Wildman–Crippen MR) is 120 cm³/mol. The maximum Gasteiger partial charge on any atom is 0.293 e. The second kappa shape index (κ2) is 7.97. The minimum absolute atomic E-state index is 0.0515. The molecular weight excluding hydrogens is 458 g/mol. The first kappa shape index (κ1) is 24.0. The summed E-state index contributed by atoms with van der Waals surface area (Å²) in [6, 6.07) is 1.53. The number of carbonyl (C=O) groups excluding carboxylic acids is 4. The van der Waals surface area contributed by atoms with Gasteiger partial charge in [-0.05, 0) is 56.5 Å². The Morgan fingerprint density at radius 3 is 2.37 bits per heavy atom. The van der Waals surface area contributed by atoms with E-state index < -0.39 is 69.7 Å². The van der Waals surface area contributed by atoms with E-state index in [0.717, 1.165) is 0 Å². The zero-order chi connectivity index (χ0) is 26.0. The number of hydrogen-bond acceptors (Lipinski definition) is 9. The topological polar surface area (TPSA) is 204 Å². The maximum absolute atomic E-state index is 13.5. The zero-order valence-corrected chi connectivity index (χ0v) is 18.8. The van der Waals surface area contributed by atoms with Crippen LogP contribution in [-0.4, -0.2) is 74.4 Å². The highest BCUT2D eigenvalue weighted by atomic mass is 16.3. The van der Waals surface area contributed by atoms with Crippen molar-refractivity contribution in [3.05, 3.63) is 51.5 Å². The van der Waals surface area contributed by atoms with E-state index in [9.17, 15) is 39.6 Å². The number of nitrogens with two attached hydrogens (primary N) is 2. The number of aromatic hydroxyl groups is 1. The number of Topliss-reactive ketones (excluding diaryl/α,β-unsaturated/α-hetero) is 2. The molecule has 3 aliphatic rings. The van der Waals surface area contributed by atoms with Crippen LogP contribution in [0.15, 0.2) is 34.8 Å². The number of aliphatic hydroxyl groups excluding tert-OH is 2. The average molecular weight is 481 g/mol. The Balaban J connectivity index is 1.96. The van der Waals surface area contributed by atoms with E-state index in [-0.39, 0.29) is 29.5 Å². The summed E-state index contributed by atoms with van der Waals surface area (Å²) in [5.41, 5.74) is 6.93. The first-order chi connectivity index (χ1) is 16.3. The minimum atomic E-state index is -2.70. The van der Waals surface area contributed by atoms with Crippen LogP contribution in [0.5, 0.6) is 5.75 Å². The molecular formula is C24H23N3O8. The van der Waals surface area contributed by atoms with Crippen molar-refractivity contribution in [2.45, 2.75) is 24.5 Å². The summed E-state index contributed by atoms with van der Waals surface area (Å²) in [6.07, 6.45) is 0.00974. The molecule has 0 heterocycles. The van der Waals surface area contributed by atoms with E-state index in [4.69, 9.17) is 11.5 Å². The van der Waals surface area contributed by atoms with Gasteiger partial charge in [-0.25, -0.2) is 0 Å². The van der Waals surface area contributed by atoms with Crippen molar-refractivity contribution in [1.82, 2.24) is 4.90 Å². The van der Waals surface area contributed by atoms with Gasteiger partial charge in [-0.3, -0.25) is 24.1 Å². The molecule has 8 N–H and O–H groups in total. The quantitative estimate of drug-likeness (QED) is 0.225. The molecule has 0 saturated carbocycles. The number of ketones is 2. The summed E-state index contributed by atoms with van der Waals surface area (Å²) in [5, 5.41) is 43.9. The van der Waals surface area contributed by atoms with E-state index in [1.165, 1.54) is 17.0 Å². The lowest BCUT2D eigenvalue weighted by atomic mass is 9.58. The SMILES string of the molecule is CN(C)[C@@H]1C(O)=C(C(N)=O)C(=O)[C@@]2(O)C(O)=C3C(=O)c4c(O)ccc(C#CC(N)=O)c4C[C@H]3C[C@@H]12. The summed E-state index contributed by atoms with van der Waals surface area (Å²) >= 11 is 0. The molecule has 0 unspecified atom stereocenters. The van der Waals surface area contributed by atoms with E-state index in [1.807, 2.05) is 0 Å². The Hall–Kier alpha value is -4.14. The van der Waals surface area contributed by atoms with Crippen LogP contribution in [0.1, 0.15) is 27.9 Å². The summed E-state index contributed by atoms with van der Waals surface area (Å²) in [6.45, 7) is 0. The van der Waals surface area contributed by atoms with Gasteiger partial charge >= 0.3 is 0 Å². The van der Waals surface area contributed by atoms with Gasteiger partial charge in [0.15, 0.2) is 11.4 Å². The number of likely N-dealkylation sites (N-methyl/N-ethyl adjacent to an activating group) is 1. The van der Waals surface area contributed by atoms with Crippen LogP contribution in [-0.2, 0) is 20.8 Å². The van der Waals surface area contributed by atoms with Crippen molar-refractivity contribution in [1.29, 1.82) is 0 Å². The lowest BCUT2D eigenvalue weighted by Crippen LogP contribution is -2.63. The van der Waals surface area contributed by atoms with Gasteiger partial charge in [0.25, 0.3) is 11.8 Å². The van der Waals surface area contributed by atoms with Gasteiger partial charge in [-0.15, -0.1) is 0 Å². The van der Waals surface area contributed by atoms with Crippen molar-refractivity contribution >= 4 is 23.4 Å². The van der Waals surface area contributed by atoms with Gasteiger partial charge in [0.2, 0.25) is 5.78 Å². The Labute approximate surface area is 199 Å². The molecule has 11 nitrogen and oxygen atoms in total. The van der Waals surface area contributed by atoms with E-state index in [0.29, 0.717) is 5.56 Å². The van der Waals surface area contributed by atoms with Crippen molar-refractivity contribution < 1.29 is 39.6 Å². The molecule has 1 aromatic carbocycles. The third-order valence-electron chi connectivity index (χ3n) is 6.93. The minimum Gasteiger partial charge on any atom is -0.510 e. The standard InChI is InChI=1S/C24H23N3O8/c1-27(2)18-12-8-10-7-11-9(4-6-14(25)29)3-5-13(28)16(11)19(30)15(10)21(32)24(12,35)22(33)17(20(18)31)23(26)34/h3,5,10,12,18,28,31-32,35H,7-8H2,1-2H3,(H2,25,29)(H2,26,34)/t10-,12-,18-,24-/m0/s1. The third kappa shape index (κ3) is 3.30. The number of phenolic OH excluding ortho intramolecular Hbond substituents is 1. The second-order valence-electron chi connectivity index (χ2n) is 9.06. The summed E-state index contributed by atoms with van der Waals surface area (Å²) in [7, 11) is 3.09. The largest absolute Gasteiger partial charge is 0.510 e. The fourth-order valence-electron chi connectivity index (χ4n) is 5.50. The van der Waals surface area contributed by atoms with Gasteiger partial charge in [-0.2, -0.15) is 0 Å². The number of carbonyl (C=O) groups is 4. The lowest BCUT2D eigenvalue weighted by Gasteiger charge is -2.50. The van der Waals surface area contributed by atoms with Gasteiger partial charge in [-0.1, -0.05) is 5.92 Å². The van der Waals surface area contributed by atoms with Crippen LogP contribution in [0.4, 0.5) is 0 Å². The highest BCUT2D eigenvalue weighted by molar-refractivity contribution is 6.24. The molecule has 3 aliphatic carbocycles. The molecule has 182 valence electrons. The fourth-order valence-corrected chi connectivity index (χ4v) is 5.50. The number of phenols is 1.